The smallest absolute Gasteiger partial charge is 0.245 e. The molecule has 0 bridgehead atoms. The van der Waals surface area contributed by atoms with E-state index in [0.29, 0.717) is 6.42 Å². The van der Waals surface area contributed by atoms with Crippen molar-refractivity contribution in [1.29, 1.82) is 0 Å². The van der Waals surface area contributed by atoms with Crippen molar-refractivity contribution >= 4 is 35.4 Å². The average Bonchev–Trinajstić information content (AvgIpc) is 3.11. The molecule has 5 N–H and O–H groups in total. The summed E-state index contributed by atoms with van der Waals surface area (Å²) in [5.74, 6) is -3.37. The van der Waals surface area contributed by atoms with Gasteiger partial charge in [0.15, 0.2) is 0 Å². The zero-order chi connectivity index (χ0) is 36.9. The van der Waals surface area contributed by atoms with Crippen molar-refractivity contribution in [3.8, 4) is 11.1 Å². The van der Waals surface area contributed by atoms with Crippen LogP contribution in [0.25, 0.3) is 11.1 Å². The van der Waals surface area contributed by atoms with Gasteiger partial charge in [0.25, 0.3) is 0 Å². The topological polar surface area (TPSA) is 166 Å². The minimum atomic E-state index is -1.06. The largest absolute Gasteiger partial charge is 0.355 e. The lowest BCUT2D eigenvalue weighted by Gasteiger charge is -2.28. The van der Waals surface area contributed by atoms with Crippen LogP contribution in [-0.4, -0.2) is 84.6 Å². The van der Waals surface area contributed by atoms with Crippen LogP contribution in [-0.2, 0) is 41.6 Å². The zero-order valence-corrected chi connectivity index (χ0v) is 29.6. The Labute approximate surface area is 299 Å². The summed E-state index contributed by atoms with van der Waals surface area (Å²) < 4.78 is 0. The quantitative estimate of drug-likeness (QED) is 0.254. The number of hydrogen-bond acceptors (Lipinski definition) is 6. The molecule has 1 saturated heterocycles. The Kier molecular flexibility index (Phi) is 13.9. The number of benzene rings is 3. The summed E-state index contributed by atoms with van der Waals surface area (Å²) in [6.45, 7) is 4.92. The van der Waals surface area contributed by atoms with Crippen LogP contribution in [0.1, 0.15) is 44.7 Å². The summed E-state index contributed by atoms with van der Waals surface area (Å²) in [6.07, 6.45) is 0.705. The molecule has 4 rings (SSSR count). The molecule has 1 heterocycles. The van der Waals surface area contributed by atoms with E-state index in [1.54, 1.807) is 13.8 Å². The van der Waals surface area contributed by atoms with Crippen molar-refractivity contribution in [2.45, 2.75) is 70.6 Å². The van der Waals surface area contributed by atoms with Gasteiger partial charge in [0.2, 0.25) is 35.4 Å². The molecule has 0 radical (unpaired) electrons. The van der Waals surface area contributed by atoms with Crippen molar-refractivity contribution in [2.75, 3.05) is 20.1 Å². The highest BCUT2D eigenvalue weighted by Gasteiger charge is 2.32. The molecule has 12 nitrogen and oxygen atoms in total. The molecule has 12 heteroatoms. The van der Waals surface area contributed by atoms with E-state index in [2.05, 4.69) is 26.6 Å². The Morgan fingerprint density at radius 2 is 1.41 bits per heavy atom. The summed E-state index contributed by atoms with van der Waals surface area (Å²) in [5.41, 5.74) is 3.63. The van der Waals surface area contributed by atoms with Gasteiger partial charge in [-0.3, -0.25) is 28.8 Å². The first-order valence-corrected chi connectivity index (χ1v) is 17.3. The SMILES string of the molecule is CC(C)[C@H]1NC(=O)[C@@H](NC(=O)Cc2ccc(-c3ccccc3)cc2)CCCNC(=O)CN(C)C(=O)[C@H](Cc2ccccc2)NC(=O)[C@@H](C)NC1=O. The second-order valence-electron chi connectivity index (χ2n) is 13.3. The zero-order valence-electron chi connectivity index (χ0n) is 29.6. The summed E-state index contributed by atoms with van der Waals surface area (Å²) in [5, 5.41) is 13.8. The molecule has 270 valence electrons. The third-order valence-electron chi connectivity index (χ3n) is 8.72. The Morgan fingerprint density at radius 1 is 0.784 bits per heavy atom. The van der Waals surface area contributed by atoms with E-state index in [9.17, 15) is 28.8 Å². The number of carbonyl (C=O) groups excluding carboxylic acids is 6. The fourth-order valence-corrected chi connectivity index (χ4v) is 5.80. The van der Waals surface area contributed by atoms with Crippen molar-refractivity contribution in [3.63, 3.8) is 0 Å². The second-order valence-corrected chi connectivity index (χ2v) is 13.3. The van der Waals surface area contributed by atoms with E-state index in [1.165, 1.54) is 18.9 Å². The van der Waals surface area contributed by atoms with Crippen LogP contribution in [0.3, 0.4) is 0 Å². The molecular formula is C39H48N6O6. The maximum absolute atomic E-state index is 13.6. The molecule has 1 fully saturated rings. The van der Waals surface area contributed by atoms with Crippen LogP contribution in [0.5, 0.6) is 0 Å². The molecule has 0 aliphatic carbocycles. The lowest BCUT2D eigenvalue weighted by molar-refractivity contribution is -0.139. The summed E-state index contributed by atoms with van der Waals surface area (Å²) in [7, 11) is 1.48. The molecule has 6 amide bonds. The van der Waals surface area contributed by atoms with Crippen molar-refractivity contribution in [1.82, 2.24) is 31.5 Å². The molecule has 0 saturated carbocycles. The molecule has 0 spiro atoms. The number of hydrogen-bond donors (Lipinski definition) is 5. The highest BCUT2D eigenvalue weighted by Crippen LogP contribution is 2.19. The molecule has 0 unspecified atom stereocenters. The molecule has 1 aliphatic rings. The van der Waals surface area contributed by atoms with Gasteiger partial charge in [-0.05, 0) is 47.9 Å². The lowest BCUT2D eigenvalue weighted by atomic mass is 10.0. The first-order chi connectivity index (χ1) is 24.4. The Bertz CT molecular complexity index is 1660. The third kappa shape index (κ3) is 11.5. The number of nitrogens with one attached hydrogen (secondary N) is 5. The van der Waals surface area contributed by atoms with Crippen LogP contribution < -0.4 is 26.6 Å². The molecular weight excluding hydrogens is 648 g/mol. The number of likely N-dealkylation sites (N-methyl/N-ethyl adjacent to an activating group) is 1. The van der Waals surface area contributed by atoms with Crippen LogP contribution in [0, 0.1) is 5.92 Å². The van der Waals surface area contributed by atoms with Crippen LogP contribution in [0.2, 0.25) is 0 Å². The van der Waals surface area contributed by atoms with E-state index in [0.717, 1.165) is 22.3 Å². The first-order valence-electron chi connectivity index (χ1n) is 17.3. The summed E-state index contributed by atoms with van der Waals surface area (Å²) in [4.78, 5) is 81.2. The van der Waals surface area contributed by atoms with Gasteiger partial charge in [-0.25, -0.2) is 0 Å². The van der Waals surface area contributed by atoms with Gasteiger partial charge in [0.1, 0.15) is 24.2 Å². The fraction of sp³-hybridized carbons (Fsp3) is 0.385. The molecule has 4 atom stereocenters. The Morgan fingerprint density at radius 3 is 2.06 bits per heavy atom. The van der Waals surface area contributed by atoms with Gasteiger partial charge in [-0.1, -0.05) is 98.8 Å². The van der Waals surface area contributed by atoms with Crippen LogP contribution >= 0.6 is 0 Å². The molecule has 3 aromatic carbocycles. The van der Waals surface area contributed by atoms with Crippen molar-refractivity contribution in [3.05, 3.63) is 96.1 Å². The predicted octanol–water partition coefficient (Wildman–Crippen LogP) is 2.12. The van der Waals surface area contributed by atoms with Crippen LogP contribution in [0.4, 0.5) is 0 Å². The number of nitrogens with zero attached hydrogens (tertiary/aromatic N) is 1. The standard InChI is InChI=1S/C39H48N6O6/c1-25(2)35-38(50)41-26(3)36(48)43-32(22-27-12-7-5-8-13-27)39(51)45(4)24-34(47)40-21-11-16-31(37(49)44-35)42-33(46)23-28-17-19-30(20-18-28)29-14-9-6-10-15-29/h5-10,12-15,17-20,25-26,31-32,35H,11,16,21-24H2,1-4H3,(H,40,47)(H,41,50)(H,42,46)(H,43,48)(H,44,49)/t26-,31+,32+,35-/m1/s1. The van der Waals surface area contributed by atoms with E-state index in [1.807, 2.05) is 84.9 Å². The predicted molar refractivity (Wildman–Crippen MR) is 194 cm³/mol. The first kappa shape index (κ1) is 38.3. The number of rotatable bonds is 7. The van der Waals surface area contributed by atoms with Gasteiger partial charge >= 0.3 is 0 Å². The molecule has 1 aliphatic heterocycles. The minimum absolute atomic E-state index is 0.0297. The van der Waals surface area contributed by atoms with Crippen molar-refractivity contribution in [2.24, 2.45) is 5.92 Å². The second kappa shape index (κ2) is 18.5. The number of carbonyl (C=O) groups is 6. The third-order valence-corrected chi connectivity index (χ3v) is 8.72. The monoisotopic (exact) mass is 696 g/mol. The van der Waals surface area contributed by atoms with Gasteiger partial charge in [0.05, 0.1) is 13.0 Å². The maximum atomic E-state index is 13.6. The average molecular weight is 697 g/mol. The maximum Gasteiger partial charge on any atom is 0.245 e. The highest BCUT2D eigenvalue weighted by atomic mass is 16.2. The van der Waals surface area contributed by atoms with E-state index >= 15 is 0 Å². The number of amides is 6. The highest BCUT2D eigenvalue weighted by molar-refractivity contribution is 5.96. The van der Waals surface area contributed by atoms with Gasteiger partial charge in [0, 0.05) is 20.0 Å². The van der Waals surface area contributed by atoms with E-state index in [-0.39, 0.29) is 44.2 Å². The molecule has 3 aromatic rings. The normalized spacial score (nSPS) is 21.4. The van der Waals surface area contributed by atoms with Crippen molar-refractivity contribution < 1.29 is 28.8 Å². The lowest BCUT2D eigenvalue weighted by Crippen LogP contribution is -2.59. The van der Waals surface area contributed by atoms with E-state index < -0.39 is 53.7 Å². The van der Waals surface area contributed by atoms with Gasteiger partial charge in [-0.2, -0.15) is 0 Å². The fourth-order valence-electron chi connectivity index (χ4n) is 5.80. The minimum Gasteiger partial charge on any atom is -0.355 e. The van der Waals surface area contributed by atoms with Gasteiger partial charge < -0.3 is 31.5 Å². The Hall–Kier alpha value is -5.52. The molecule has 0 aromatic heterocycles. The summed E-state index contributed by atoms with van der Waals surface area (Å²) in [6, 6.07) is 22.5. The van der Waals surface area contributed by atoms with E-state index in [4.69, 9.17) is 0 Å². The molecule has 51 heavy (non-hydrogen) atoms. The summed E-state index contributed by atoms with van der Waals surface area (Å²) >= 11 is 0. The van der Waals surface area contributed by atoms with Gasteiger partial charge in [-0.15, -0.1) is 0 Å². The Balaban J connectivity index is 1.49. The van der Waals surface area contributed by atoms with Crippen LogP contribution in [0.15, 0.2) is 84.9 Å².